The van der Waals surface area contributed by atoms with Gasteiger partial charge in [0.15, 0.2) is 5.78 Å². The zero-order chi connectivity index (χ0) is 18.0. The Kier molecular flexibility index (Phi) is 5.11. The van der Waals surface area contributed by atoms with Crippen LogP contribution >= 0.6 is 22.7 Å². The number of ketones is 1. The molecule has 25 heavy (non-hydrogen) atoms. The smallest absolute Gasteiger partial charge is 0.350 e. The molecule has 6 heteroatoms. The predicted molar refractivity (Wildman–Crippen MR) is 102 cm³/mol. The molecule has 0 fully saturated rings. The molecule has 0 bridgehead atoms. The van der Waals surface area contributed by atoms with Crippen molar-refractivity contribution in [1.29, 1.82) is 0 Å². The number of ether oxygens (including phenoxy) is 1. The molecular weight excluding hydrogens is 354 g/mol. The van der Waals surface area contributed by atoms with Crippen molar-refractivity contribution in [2.45, 2.75) is 20.8 Å². The normalized spacial score (nSPS) is 10.7. The van der Waals surface area contributed by atoms with Crippen LogP contribution in [-0.4, -0.2) is 23.3 Å². The van der Waals surface area contributed by atoms with Gasteiger partial charge in [-0.2, -0.15) is 0 Å². The van der Waals surface area contributed by atoms with Crippen LogP contribution in [0.25, 0.3) is 20.3 Å². The number of thiazole rings is 1. The highest BCUT2D eigenvalue weighted by Crippen LogP contribution is 2.37. The van der Waals surface area contributed by atoms with Crippen molar-refractivity contribution in [2.75, 3.05) is 6.61 Å². The fourth-order valence-corrected chi connectivity index (χ4v) is 4.40. The molecule has 0 amide bonds. The molecule has 0 aliphatic carbocycles. The molecule has 2 aromatic heterocycles. The second-order valence-corrected chi connectivity index (χ2v) is 7.54. The summed E-state index contributed by atoms with van der Waals surface area (Å²) in [6.45, 7) is 5.52. The Morgan fingerprint density at radius 2 is 1.88 bits per heavy atom. The maximum atomic E-state index is 12.0. The lowest BCUT2D eigenvalue weighted by Gasteiger charge is -2.00. The van der Waals surface area contributed by atoms with Gasteiger partial charge < -0.3 is 4.74 Å². The molecular formula is C19H17NO3S2. The van der Waals surface area contributed by atoms with E-state index < -0.39 is 0 Å². The van der Waals surface area contributed by atoms with Crippen molar-refractivity contribution in [3.8, 4) is 20.3 Å². The first kappa shape index (κ1) is 17.5. The highest BCUT2D eigenvalue weighted by atomic mass is 32.1. The molecule has 0 aliphatic rings. The predicted octanol–water partition coefficient (Wildman–Crippen LogP) is 5.23. The third-order valence-electron chi connectivity index (χ3n) is 3.63. The summed E-state index contributed by atoms with van der Waals surface area (Å²) in [5.74, 6) is -0.275. The van der Waals surface area contributed by atoms with Gasteiger partial charge >= 0.3 is 5.97 Å². The van der Waals surface area contributed by atoms with E-state index in [0.29, 0.717) is 22.7 Å². The second-order valence-electron chi connectivity index (χ2n) is 5.45. The number of carbonyl (C=O) groups excluding carboxylic acids is 2. The van der Waals surface area contributed by atoms with Crippen LogP contribution in [0.3, 0.4) is 0 Å². The largest absolute Gasteiger partial charge is 0.462 e. The molecule has 0 unspecified atom stereocenters. The molecule has 3 aromatic rings. The summed E-state index contributed by atoms with van der Waals surface area (Å²) in [5.41, 5.74) is 2.39. The first-order valence-corrected chi connectivity index (χ1v) is 9.49. The van der Waals surface area contributed by atoms with Gasteiger partial charge in [0.2, 0.25) is 0 Å². The van der Waals surface area contributed by atoms with Crippen LogP contribution in [0.5, 0.6) is 0 Å². The van der Waals surface area contributed by atoms with E-state index >= 15 is 0 Å². The Labute approximate surface area is 154 Å². The molecule has 3 rings (SSSR count). The van der Waals surface area contributed by atoms with E-state index in [9.17, 15) is 9.59 Å². The van der Waals surface area contributed by atoms with Gasteiger partial charge in [-0.3, -0.25) is 4.79 Å². The standard InChI is InChI=1S/C19H17NO3S2/c1-4-23-19(22)17-11(2)20-18(25-17)16-9-8-15(24-16)14-7-5-6-13(10-14)12(3)21/h5-10H,4H2,1-3H3. The minimum absolute atomic E-state index is 0.0493. The lowest BCUT2D eigenvalue weighted by atomic mass is 10.1. The van der Waals surface area contributed by atoms with Crippen LogP contribution in [-0.2, 0) is 4.74 Å². The summed E-state index contributed by atoms with van der Waals surface area (Å²) in [5, 5.41) is 0.805. The number of aryl methyl sites for hydroxylation is 1. The number of nitrogens with zero attached hydrogens (tertiary/aromatic N) is 1. The van der Waals surface area contributed by atoms with Crippen LogP contribution in [0, 0.1) is 6.92 Å². The quantitative estimate of drug-likeness (QED) is 0.455. The number of benzene rings is 1. The Balaban J connectivity index is 1.92. The van der Waals surface area contributed by atoms with Crippen LogP contribution in [0.4, 0.5) is 0 Å². The molecule has 0 saturated heterocycles. The zero-order valence-electron chi connectivity index (χ0n) is 14.2. The summed E-state index contributed by atoms with van der Waals surface area (Å²) < 4.78 is 5.07. The average molecular weight is 371 g/mol. The van der Waals surface area contributed by atoms with Gasteiger partial charge in [0.25, 0.3) is 0 Å². The van der Waals surface area contributed by atoms with E-state index in [4.69, 9.17) is 4.74 Å². The van der Waals surface area contributed by atoms with Gasteiger partial charge in [0.05, 0.1) is 17.2 Å². The van der Waals surface area contributed by atoms with Gasteiger partial charge in [-0.25, -0.2) is 9.78 Å². The summed E-state index contributed by atoms with van der Waals surface area (Å²) in [6, 6.07) is 11.6. The van der Waals surface area contributed by atoms with Gasteiger partial charge in [-0.05, 0) is 44.5 Å². The molecule has 0 aliphatic heterocycles. The highest BCUT2D eigenvalue weighted by molar-refractivity contribution is 7.24. The van der Waals surface area contributed by atoms with Crippen molar-refractivity contribution in [3.63, 3.8) is 0 Å². The number of Topliss-reactive ketones (excluding diaryl/α,β-unsaturated/α-hetero) is 1. The van der Waals surface area contributed by atoms with E-state index in [1.165, 1.54) is 11.3 Å². The number of carbonyl (C=O) groups is 2. The first-order chi connectivity index (χ1) is 12.0. The van der Waals surface area contributed by atoms with Crippen molar-refractivity contribution < 1.29 is 14.3 Å². The summed E-state index contributed by atoms with van der Waals surface area (Å²) >= 11 is 2.94. The van der Waals surface area contributed by atoms with Crippen LogP contribution in [0.15, 0.2) is 36.4 Å². The Morgan fingerprint density at radius 1 is 1.12 bits per heavy atom. The molecule has 1 aromatic carbocycles. The van der Waals surface area contributed by atoms with E-state index in [0.717, 1.165) is 20.3 Å². The van der Waals surface area contributed by atoms with Crippen molar-refractivity contribution in [1.82, 2.24) is 4.98 Å². The molecule has 4 nitrogen and oxygen atoms in total. The second kappa shape index (κ2) is 7.29. The first-order valence-electron chi connectivity index (χ1n) is 7.85. The summed E-state index contributed by atoms with van der Waals surface area (Å²) in [6.07, 6.45) is 0. The fraction of sp³-hybridized carbons (Fsp3) is 0.211. The van der Waals surface area contributed by atoms with Crippen LogP contribution < -0.4 is 0 Å². The maximum Gasteiger partial charge on any atom is 0.350 e. The lowest BCUT2D eigenvalue weighted by molar-refractivity contribution is 0.0531. The molecule has 2 heterocycles. The van der Waals surface area contributed by atoms with Crippen molar-refractivity contribution >= 4 is 34.4 Å². The third kappa shape index (κ3) is 3.70. The number of esters is 1. The highest BCUT2D eigenvalue weighted by Gasteiger charge is 2.18. The van der Waals surface area contributed by atoms with Crippen LogP contribution in [0.2, 0.25) is 0 Å². The fourth-order valence-electron chi connectivity index (χ4n) is 2.39. The zero-order valence-corrected chi connectivity index (χ0v) is 15.8. The van der Waals surface area contributed by atoms with Gasteiger partial charge in [0.1, 0.15) is 9.88 Å². The molecule has 0 radical (unpaired) electrons. The summed E-state index contributed by atoms with van der Waals surface area (Å²) in [4.78, 5) is 30.6. The van der Waals surface area contributed by atoms with Crippen molar-refractivity contribution in [2.24, 2.45) is 0 Å². The number of thiophene rings is 1. The number of hydrogen-bond acceptors (Lipinski definition) is 6. The minimum Gasteiger partial charge on any atom is -0.462 e. The van der Waals surface area contributed by atoms with Gasteiger partial charge in [-0.1, -0.05) is 18.2 Å². The van der Waals surface area contributed by atoms with E-state index in [2.05, 4.69) is 4.98 Å². The third-order valence-corrected chi connectivity index (χ3v) is 6.07. The van der Waals surface area contributed by atoms with E-state index in [-0.39, 0.29) is 11.8 Å². The Morgan fingerprint density at radius 3 is 2.60 bits per heavy atom. The van der Waals surface area contributed by atoms with Crippen LogP contribution in [0.1, 0.15) is 39.6 Å². The SMILES string of the molecule is CCOC(=O)c1sc(-c2ccc(-c3cccc(C(C)=O)c3)s2)nc1C. The number of aromatic nitrogens is 1. The van der Waals surface area contributed by atoms with E-state index in [1.54, 1.807) is 25.2 Å². The lowest BCUT2D eigenvalue weighted by Crippen LogP contribution is -2.03. The number of hydrogen-bond donors (Lipinski definition) is 0. The van der Waals surface area contributed by atoms with Crippen molar-refractivity contribution in [3.05, 3.63) is 52.5 Å². The number of rotatable bonds is 5. The molecule has 128 valence electrons. The van der Waals surface area contributed by atoms with E-state index in [1.807, 2.05) is 43.3 Å². The molecule has 0 saturated carbocycles. The summed E-state index contributed by atoms with van der Waals surface area (Å²) in [7, 11) is 0. The monoisotopic (exact) mass is 371 g/mol. The minimum atomic E-state index is -0.324. The maximum absolute atomic E-state index is 12.0. The topological polar surface area (TPSA) is 56.3 Å². The molecule has 0 N–H and O–H groups in total. The Hall–Kier alpha value is -2.31. The average Bonchev–Trinajstić information content (AvgIpc) is 3.22. The molecule has 0 atom stereocenters. The van der Waals surface area contributed by atoms with Gasteiger partial charge in [0, 0.05) is 10.4 Å². The molecule has 0 spiro atoms. The van der Waals surface area contributed by atoms with Gasteiger partial charge in [-0.15, -0.1) is 22.7 Å². The Bertz CT molecular complexity index is 940.